The molecule has 1 aliphatic rings. The molecule has 3 heterocycles. The lowest BCUT2D eigenvalue weighted by molar-refractivity contribution is 0.100. The van der Waals surface area contributed by atoms with Crippen molar-refractivity contribution < 1.29 is 9.18 Å². The monoisotopic (exact) mass is 350 g/mol. The SMILES string of the molecule is N#C[C@H]1C[C@H](c2cccc(F)c2)N(c2ccn3ncc(C(N)=O)c3n2)C1. The molecular formula is C18H15FN6O. The molecule has 0 aliphatic carbocycles. The van der Waals surface area contributed by atoms with E-state index in [0.717, 1.165) is 5.56 Å². The zero-order valence-electron chi connectivity index (χ0n) is 13.7. The lowest BCUT2D eigenvalue weighted by Gasteiger charge is -2.26. The van der Waals surface area contributed by atoms with Gasteiger partial charge in [-0.2, -0.15) is 10.4 Å². The van der Waals surface area contributed by atoms with Crippen molar-refractivity contribution in [2.24, 2.45) is 11.7 Å². The summed E-state index contributed by atoms with van der Waals surface area (Å²) in [5.74, 6) is -0.532. The van der Waals surface area contributed by atoms with Crippen molar-refractivity contribution in [1.82, 2.24) is 14.6 Å². The van der Waals surface area contributed by atoms with Gasteiger partial charge in [0, 0.05) is 12.7 Å². The fourth-order valence-corrected chi connectivity index (χ4v) is 3.41. The Morgan fingerprint density at radius 2 is 2.23 bits per heavy atom. The lowest BCUT2D eigenvalue weighted by atomic mass is 10.0. The zero-order chi connectivity index (χ0) is 18.3. The van der Waals surface area contributed by atoms with Crippen LogP contribution in [0.25, 0.3) is 5.65 Å². The molecule has 0 radical (unpaired) electrons. The number of anilines is 1. The van der Waals surface area contributed by atoms with Crippen LogP contribution in [0.1, 0.15) is 28.4 Å². The Labute approximate surface area is 148 Å². The van der Waals surface area contributed by atoms with E-state index in [1.165, 1.54) is 22.8 Å². The number of fused-ring (bicyclic) bond motifs is 1. The average molecular weight is 350 g/mol. The van der Waals surface area contributed by atoms with Crippen molar-refractivity contribution in [3.63, 3.8) is 0 Å². The van der Waals surface area contributed by atoms with Gasteiger partial charge in [-0.05, 0) is 30.2 Å². The molecule has 0 bridgehead atoms. The van der Waals surface area contributed by atoms with E-state index >= 15 is 0 Å². The Morgan fingerprint density at radius 1 is 1.38 bits per heavy atom. The number of nitrogens with zero attached hydrogens (tertiary/aromatic N) is 5. The van der Waals surface area contributed by atoms with Crippen molar-refractivity contribution in [2.75, 3.05) is 11.4 Å². The quantitative estimate of drug-likeness (QED) is 0.779. The third-order valence-corrected chi connectivity index (χ3v) is 4.63. The third kappa shape index (κ3) is 2.63. The number of carbonyl (C=O) groups excluding carboxylic acids is 1. The molecule has 2 N–H and O–H groups in total. The maximum Gasteiger partial charge on any atom is 0.254 e. The molecule has 8 heteroatoms. The van der Waals surface area contributed by atoms with Gasteiger partial charge in [0.1, 0.15) is 17.2 Å². The minimum Gasteiger partial charge on any atom is -0.365 e. The molecule has 1 aliphatic heterocycles. The van der Waals surface area contributed by atoms with Gasteiger partial charge in [0.25, 0.3) is 5.91 Å². The second-order valence-electron chi connectivity index (χ2n) is 6.26. The van der Waals surface area contributed by atoms with Crippen molar-refractivity contribution in [2.45, 2.75) is 12.5 Å². The van der Waals surface area contributed by atoms with Crippen molar-refractivity contribution in [1.29, 1.82) is 5.26 Å². The number of halogens is 1. The molecule has 26 heavy (non-hydrogen) atoms. The highest BCUT2D eigenvalue weighted by Crippen LogP contribution is 2.38. The number of aromatic nitrogens is 3. The number of carbonyl (C=O) groups is 1. The molecule has 1 amide bonds. The van der Waals surface area contributed by atoms with Gasteiger partial charge in [0.05, 0.1) is 24.2 Å². The van der Waals surface area contributed by atoms with E-state index in [2.05, 4.69) is 16.2 Å². The molecule has 4 rings (SSSR count). The Kier molecular flexibility index (Phi) is 3.77. The summed E-state index contributed by atoms with van der Waals surface area (Å²) < 4.78 is 15.1. The van der Waals surface area contributed by atoms with Crippen molar-refractivity contribution in [3.05, 3.63) is 59.7 Å². The summed E-state index contributed by atoms with van der Waals surface area (Å²) in [5.41, 5.74) is 6.74. The normalized spacial score (nSPS) is 19.6. The van der Waals surface area contributed by atoms with Gasteiger partial charge in [-0.15, -0.1) is 0 Å². The van der Waals surface area contributed by atoms with Crippen LogP contribution in [0.15, 0.2) is 42.7 Å². The van der Waals surface area contributed by atoms with Gasteiger partial charge >= 0.3 is 0 Å². The first kappa shape index (κ1) is 16.0. The fraction of sp³-hybridized carbons (Fsp3) is 0.222. The van der Waals surface area contributed by atoms with E-state index in [-0.39, 0.29) is 23.3 Å². The standard InChI is InChI=1S/C18H15FN6O/c19-13-3-1-2-12(7-13)15-6-11(8-20)10-24(15)16-4-5-25-18(23-16)14(9-22-25)17(21)26/h1-5,7,9,11,15H,6,10H2,(H2,21,26)/t11-,15-/m1/s1. The molecule has 2 atom stereocenters. The molecule has 130 valence electrons. The molecule has 1 fully saturated rings. The molecule has 3 aromatic rings. The number of hydrogen-bond donors (Lipinski definition) is 1. The predicted octanol–water partition coefficient (Wildman–Crippen LogP) is 2.06. The highest BCUT2D eigenvalue weighted by Gasteiger charge is 2.34. The average Bonchev–Trinajstić information content (AvgIpc) is 3.25. The third-order valence-electron chi connectivity index (χ3n) is 4.63. The topological polar surface area (TPSA) is 100 Å². The summed E-state index contributed by atoms with van der Waals surface area (Å²) in [6.45, 7) is 0.473. The van der Waals surface area contributed by atoms with Crippen molar-refractivity contribution in [3.8, 4) is 6.07 Å². The predicted molar refractivity (Wildman–Crippen MR) is 91.7 cm³/mol. The van der Waals surface area contributed by atoms with E-state index in [4.69, 9.17) is 5.73 Å². The number of benzene rings is 1. The molecule has 0 saturated carbocycles. The van der Waals surface area contributed by atoms with Crippen LogP contribution in [0.2, 0.25) is 0 Å². The van der Waals surface area contributed by atoms with E-state index in [1.807, 2.05) is 11.0 Å². The summed E-state index contributed by atoms with van der Waals surface area (Å²) in [6.07, 6.45) is 3.64. The Hall–Kier alpha value is -3.47. The summed E-state index contributed by atoms with van der Waals surface area (Å²) in [4.78, 5) is 18.0. The summed E-state index contributed by atoms with van der Waals surface area (Å²) in [6, 6.07) is 10.2. The first-order valence-corrected chi connectivity index (χ1v) is 8.12. The number of amides is 1. The Morgan fingerprint density at radius 3 is 2.96 bits per heavy atom. The zero-order valence-corrected chi connectivity index (χ0v) is 13.7. The highest BCUT2D eigenvalue weighted by molar-refractivity contribution is 5.98. The smallest absolute Gasteiger partial charge is 0.254 e. The summed E-state index contributed by atoms with van der Waals surface area (Å²) in [7, 11) is 0. The maximum absolute atomic E-state index is 13.7. The van der Waals surface area contributed by atoms with Gasteiger partial charge in [0.15, 0.2) is 5.65 Å². The van der Waals surface area contributed by atoms with Crippen LogP contribution in [-0.4, -0.2) is 27.0 Å². The van der Waals surface area contributed by atoms with Crippen LogP contribution >= 0.6 is 0 Å². The molecular weight excluding hydrogens is 335 g/mol. The highest BCUT2D eigenvalue weighted by atomic mass is 19.1. The second-order valence-corrected chi connectivity index (χ2v) is 6.26. The number of nitriles is 1. The number of hydrogen-bond acceptors (Lipinski definition) is 5. The first-order valence-electron chi connectivity index (χ1n) is 8.12. The first-order chi connectivity index (χ1) is 12.6. The minimum absolute atomic E-state index is 0.176. The van der Waals surface area contributed by atoms with Gasteiger partial charge in [0.2, 0.25) is 0 Å². The van der Waals surface area contributed by atoms with Crippen LogP contribution in [0, 0.1) is 23.1 Å². The van der Waals surface area contributed by atoms with Gasteiger partial charge in [-0.25, -0.2) is 13.9 Å². The molecule has 2 aromatic heterocycles. The number of primary amides is 1. The summed E-state index contributed by atoms with van der Waals surface area (Å²) in [5, 5.41) is 13.4. The van der Waals surface area contributed by atoms with Crippen LogP contribution in [-0.2, 0) is 0 Å². The Bertz CT molecular complexity index is 1040. The maximum atomic E-state index is 13.7. The summed E-state index contributed by atoms with van der Waals surface area (Å²) >= 11 is 0. The van der Waals surface area contributed by atoms with E-state index < -0.39 is 5.91 Å². The van der Waals surface area contributed by atoms with E-state index in [1.54, 1.807) is 18.3 Å². The van der Waals surface area contributed by atoms with Gasteiger partial charge in [-0.3, -0.25) is 4.79 Å². The molecule has 7 nitrogen and oxygen atoms in total. The van der Waals surface area contributed by atoms with E-state index in [9.17, 15) is 14.4 Å². The van der Waals surface area contributed by atoms with Crippen molar-refractivity contribution >= 4 is 17.4 Å². The van der Waals surface area contributed by atoms with Gasteiger partial charge < -0.3 is 10.6 Å². The lowest BCUT2D eigenvalue weighted by Crippen LogP contribution is -2.24. The fourth-order valence-electron chi connectivity index (χ4n) is 3.41. The molecule has 1 aromatic carbocycles. The number of nitrogens with two attached hydrogens (primary N) is 1. The van der Waals surface area contributed by atoms with E-state index in [0.29, 0.717) is 24.4 Å². The van der Waals surface area contributed by atoms with Crippen LogP contribution < -0.4 is 10.6 Å². The van der Waals surface area contributed by atoms with Crippen LogP contribution in [0.3, 0.4) is 0 Å². The molecule has 1 saturated heterocycles. The molecule has 0 spiro atoms. The number of rotatable bonds is 3. The van der Waals surface area contributed by atoms with Crippen LogP contribution in [0.5, 0.6) is 0 Å². The minimum atomic E-state index is -0.609. The second kappa shape index (κ2) is 6.11. The van der Waals surface area contributed by atoms with Gasteiger partial charge in [-0.1, -0.05) is 12.1 Å². The van der Waals surface area contributed by atoms with Crippen LogP contribution in [0.4, 0.5) is 10.2 Å². The molecule has 0 unspecified atom stereocenters. The largest absolute Gasteiger partial charge is 0.365 e. The Balaban J connectivity index is 1.79.